The second-order valence-corrected chi connectivity index (χ2v) is 11.8. The lowest BCUT2D eigenvalue weighted by Gasteiger charge is -2.27. The number of benzene rings is 2. The van der Waals surface area contributed by atoms with Crippen molar-refractivity contribution in [3.05, 3.63) is 71.3 Å². The number of rotatable bonds is 18. The second-order valence-electron chi connectivity index (χ2n) is 11.8. The minimum absolute atomic E-state index is 0.0508. The molecule has 3 amide bonds. The normalized spacial score (nSPS) is 14.9. The van der Waals surface area contributed by atoms with Gasteiger partial charge in [0.2, 0.25) is 17.7 Å². The summed E-state index contributed by atoms with van der Waals surface area (Å²) in [5, 5.41) is 23.8. The summed E-state index contributed by atoms with van der Waals surface area (Å²) in [5.41, 5.74) is 6.70. The van der Waals surface area contributed by atoms with Gasteiger partial charge < -0.3 is 26.6 Å². The van der Waals surface area contributed by atoms with Gasteiger partial charge in [-0.3, -0.25) is 24.0 Å². The van der Waals surface area contributed by atoms with Crippen molar-refractivity contribution in [2.45, 2.75) is 83.8 Å². The molecular formula is C33H42F3N3O7. The third-order valence-electron chi connectivity index (χ3n) is 7.69. The topological polar surface area (TPSA) is 176 Å². The molecule has 0 aliphatic heterocycles. The molecule has 46 heavy (non-hydrogen) atoms. The monoisotopic (exact) mass is 649 g/mol. The van der Waals surface area contributed by atoms with Gasteiger partial charge in [0.15, 0.2) is 17.7 Å². The Morgan fingerprint density at radius 1 is 0.848 bits per heavy atom. The molecule has 6 N–H and O–H groups in total. The Morgan fingerprint density at radius 2 is 1.46 bits per heavy atom. The van der Waals surface area contributed by atoms with Crippen molar-refractivity contribution in [2.24, 2.45) is 23.5 Å². The number of hydrogen-bond donors (Lipinski definition) is 5. The maximum Gasteiger partial charge on any atom is 0.416 e. The van der Waals surface area contributed by atoms with E-state index in [-0.39, 0.29) is 31.1 Å². The van der Waals surface area contributed by atoms with Crippen molar-refractivity contribution in [1.82, 2.24) is 10.6 Å². The number of primary amides is 1. The Hall–Kier alpha value is -4.10. The molecule has 0 bridgehead atoms. The fourth-order valence-corrected chi connectivity index (χ4v) is 4.82. The van der Waals surface area contributed by atoms with E-state index in [1.165, 1.54) is 6.92 Å². The predicted molar refractivity (Wildman–Crippen MR) is 163 cm³/mol. The van der Waals surface area contributed by atoms with E-state index >= 15 is 0 Å². The van der Waals surface area contributed by atoms with Crippen molar-refractivity contribution in [1.29, 1.82) is 0 Å². The zero-order valence-electron chi connectivity index (χ0n) is 26.0. The number of halogens is 3. The molecule has 2 rings (SSSR count). The molecule has 0 radical (unpaired) electrons. The van der Waals surface area contributed by atoms with Gasteiger partial charge in [-0.05, 0) is 29.9 Å². The summed E-state index contributed by atoms with van der Waals surface area (Å²) < 4.78 is 39.6. The third kappa shape index (κ3) is 12.0. The van der Waals surface area contributed by atoms with Crippen LogP contribution in [0.2, 0.25) is 0 Å². The fraction of sp³-hybridized carbons (Fsp3) is 0.485. The summed E-state index contributed by atoms with van der Waals surface area (Å²) in [6, 6.07) is 12.1. The summed E-state index contributed by atoms with van der Waals surface area (Å²) in [6.45, 7) is 4.65. The number of nitrogens with one attached hydrogen (secondary N) is 2. The standard InChI is InChI=1S/C33H42F3N3O7/c1-19(2)24(17-27(41)23-11-9-22(18-40)10-12-23)32(46)39-26(16-21-7-5-4-6-8-21)28(42)15-20(3)31(45)38-25(13-14-29(37)43)30(44)33(34,35)36/h4-12,19-20,24-26,30,40,44H,13-18H2,1-3H3,(H2,37,43)(H,38,45)(H,39,46)/t20-,24+,25?,26+,30?/m1/s1. The van der Waals surface area contributed by atoms with Crippen molar-refractivity contribution in [2.75, 3.05) is 0 Å². The van der Waals surface area contributed by atoms with Crippen LogP contribution in [0.15, 0.2) is 54.6 Å². The number of aliphatic hydroxyl groups is 2. The highest BCUT2D eigenvalue weighted by Gasteiger charge is 2.44. The van der Waals surface area contributed by atoms with Crippen LogP contribution in [-0.4, -0.2) is 63.9 Å². The number of nitrogens with two attached hydrogens (primary N) is 1. The Labute approximate surface area is 265 Å². The van der Waals surface area contributed by atoms with Gasteiger partial charge in [-0.1, -0.05) is 75.4 Å². The first-order valence-electron chi connectivity index (χ1n) is 15.0. The summed E-state index contributed by atoms with van der Waals surface area (Å²) in [6.07, 6.45) is -9.71. The van der Waals surface area contributed by atoms with Gasteiger partial charge in [0.1, 0.15) is 0 Å². The average Bonchev–Trinajstić information content (AvgIpc) is 3.00. The third-order valence-corrected chi connectivity index (χ3v) is 7.69. The van der Waals surface area contributed by atoms with Crippen LogP contribution in [0, 0.1) is 17.8 Å². The molecule has 2 unspecified atom stereocenters. The zero-order valence-corrected chi connectivity index (χ0v) is 26.0. The van der Waals surface area contributed by atoms with Gasteiger partial charge in [-0.25, -0.2) is 0 Å². The van der Waals surface area contributed by atoms with Crippen LogP contribution in [0.4, 0.5) is 13.2 Å². The van der Waals surface area contributed by atoms with Crippen LogP contribution in [0.25, 0.3) is 0 Å². The largest absolute Gasteiger partial charge is 0.416 e. The number of Topliss-reactive ketones (excluding diaryl/α,β-unsaturated/α-hetero) is 2. The molecule has 0 aromatic heterocycles. The number of amides is 3. The van der Waals surface area contributed by atoms with E-state index in [2.05, 4.69) is 10.6 Å². The molecule has 0 saturated carbocycles. The Bertz CT molecular complexity index is 1330. The van der Waals surface area contributed by atoms with E-state index in [0.29, 0.717) is 16.7 Å². The van der Waals surface area contributed by atoms with Gasteiger partial charge in [0, 0.05) is 36.7 Å². The molecule has 2 aromatic rings. The molecule has 5 atom stereocenters. The zero-order chi connectivity index (χ0) is 34.6. The maximum absolute atomic E-state index is 13.5. The predicted octanol–water partition coefficient (Wildman–Crippen LogP) is 3.02. The average molecular weight is 650 g/mol. The smallest absolute Gasteiger partial charge is 0.392 e. The van der Waals surface area contributed by atoms with E-state index in [1.807, 2.05) is 0 Å². The number of carbonyl (C=O) groups is 5. The van der Waals surface area contributed by atoms with Gasteiger partial charge in [-0.15, -0.1) is 0 Å². The minimum Gasteiger partial charge on any atom is -0.392 e. The SMILES string of the molecule is CC(C)[C@H](CC(=O)c1ccc(CO)cc1)C(=O)N[C@@H](Cc1ccccc1)C(=O)C[C@@H](C)C(=O)NC(CCC(N)=O)C(O)C(F)(F)F. The maximum atomic E-state index is 13.5. The molecule has 2 aromatic carbocycles. The summed E-state index contributed by atoms with van der Waals surface area (Å²) in [7, 11) is 0. The van der Waals surface area contributed by atoms with Gasteiger partial charge in [0.25, 0.3) is 0 Å². The van der Waals surface area contributed by atoms with Crippen LogP contribution < -0.4 is 16.4 Å². The molecule has 0 fully saturated rings. The highest BCUT2D eigenvalue weighted by atomic mass is 19.4. The molecule has 10 nitrogen and oxygen atoms in total. The van der Waals surface area contributed by atoms with Gasteiger partial charge >= 0.3 is 6.18 Å². The molecule has 0 heterocycles. The van der Waals surface area contributed by atoms with Crippen LogP contribution in [0.3, 0.4) is 0 Å². The highest BCUT2D eigenvalue weighted by Crippen LogP contribution is 2.25. The quantitative estimate of drug-likeness (QED) is 0.154. The van der Waals surface area contributed by atoms with Crippen LogP contribution in [0.1, 0.15) is 67.9 Å². The Kier molecular flexibility index (Phi) is 14.5. The lowest BCUT2D eigenvalue weighted by molar-refractivity contribution is -0.213. The Balaban J connectivity index is 2.21. The minimum atomic E-state index is -5.09. The molecule has 0 aliphatic rings. The number of aliphatic hydroxyl groups excluding tert-OH is 2. The lowest BCUT2D eigenvalue weighted by atomic mass is 9.87. The van der Waals surface area contributed by atoms with Crippen LogP contribution in [-0.2, 0) is 32.2 Å². The first-order valence-corrected chi connectivity index (χ1v) is 15.0. The lowest BCUT2D eigenvalue weighted by Crippen LogP contribution is -2.52. The number of hydrogen-bond acceptors (Lipinski definition) is 7. The van der Waals surface area contributed by atoms with E-state index in [0.717, 1.165) is 0 Å². The Morgan fingerprint density at radius 3 is 1.98 bits per heavy atom. The van der Waals surface area contributed by atoms with Crippen molar-refractivity contribution in [3.63, 3.8) is 0 Å². The first kappa shape index (κ1) is 38.1. The second kappa shape index (κ2) is 17.6. The van der Waals surface area contributed by atoms with E-state index in [1.54, 1.807) is 68.4 Å². The van der Waals surface area contributed by atoms with Gasteiger partial charge in [-0.2, -0.15) is 13.2 Å². The summed E-state index contributed by atoms with van der Waals surface area (Å²) >= 11 is 0. The van der Waals surface area contributed by atoms with Gasteiger partial charge in [0.05, 0.1) is 18.7 Å². The van der Waals surface area contributed by atoms with E-state index in [4.69, 9.17) is 5.73 Å². The molecule has 0 spiro atoms. The molecule has 0 saturated heterocycles. The van der Waals surface area contributed by atoms with E-state index in [9.17, 15) is 47.4 Å². The van der Waals surface area contributed by atoms with Crippen LogP contribution >= 0.6 is 0 Å². The van der Waals surface area contributed by atoms with E-state index < -0.39 is 79.0 Å². The fourth-order valence-electron chi connectivity index (χ4n) is 4.82. The van der Waals surface area contributed by atoms with Crippen LogP contribution in [0.5, 0.6) is 0 Å². The summed E-state index contributed by atoms with van der Waals surface area (Å²) in [4.78, 5) is 64.0. The van der Waals surface area contributed by atoms with Crippen molar-refractivity contribution in [3.8, 4) is 0 Å². The van der Waals surface area contributed by atoms with Crippen molar-refractivity contribution >= 4 is 29.3 Å². The first-order chi connectivity index (χ1) is 21.5. The number of alkyl halides is 3. The number of carbonyl (C=O) groups excluding carboxylic acids is 5. The molecule has 13 heteroatoms. The molecule has 252 valence electrons. The highest BCUT2D eigenvalue weighted by molar-refractivity contribution is 5.99. The summed E-state index contributed by atoms with van der Waals surface area (Å²) in [5.74, 6) is -5.59. The number of ketones is 2. The van der Waals surface area contributed by atoms with Crippen molar-refractivity contribution < 1.29 is 47.4 Å². The molecule has 0 aliphatic carbocycles. The molecular weight excluding hydrogens is 607 g/mol.